The summed E-state index contributed by atoms with van der Waals surface area (Å²) in [6.07, 6.45) is 1.20. The molecule has 0 N–H and O–H groups in total. The number of benzene rings is 3. The van der Waals surface area contributed by atoms with Crippen LogP contribution < -0.4 is 0 Å². The zero-order chi connectivity index (χ0) is 27.7. The maximum atomic E-state index is 15.3. The molecular weight excluding hydrogens is 511 g/mol. The van der Waals surface area contributed by atoms with Crippen LogP contribution in [0.15, 0.2) is 59.5 Å². The van der Waals surface area contributed by atoms with E-state index in [0.29, 0.717) is 18.0 Å². The van der Waals surface area contributed by atoms with Gasteiger partial charge in [0, 0.05) is 68.6 Å². The van der Waals surface area contributed by atoms with Gasteiger partial charge in [0.1, 0.15) is 11.6 Å². The van der Waals surface area contributed by atoms with E-state index >= 15 is 4.39 Å². The van der Waals surface area contributed by atoms with Crippen molar-refractivity contribution in [1.29, 1.82) is 0 Å². The minimum absolute atomic E-state index is 0.166. The molecule has 6 nitrogen and oxygen atoms in total. The molecule has 0 atom stereocenters. The number of rotatable bonds is 6. The first-order valence-corrected chi connectivity index (χ1v) is 15.3. The van der Waals surface area contributed by atoms with Gasteiger partial charge in [-0.3, -0.25) is 9.80 Å². The standard InChI is InChI=1S/C31H35FN4O2S/c1-20(2)36-18-31(19-36)16-35(17-31)15-24-7-6-23(13-27(24)32)25-12-21(3)29-28(14-25)34(4)30(33-29)22-8-10-26(11-9-22)39(5,37)38/h6-14,20H,15-19H2,1-5H3. The average Bonchev–Trinajstić information content (AvgIpc) is 3.17. The summed E-state index contributed by atoms with van der Waals surface area (Å²) >= 11 is 0. The molecule has 6 rings (SSSR count). The Balaban J connectivity index is 1.22. The highest BCUT2D eigenvalue weighted by Gasteiger charge is 2.51. The molecule has 4 aromatic rings. The van der Waals surface area contributed by atoms with E-state index in [-0.39, 0.29) is 10.7 Å². The molecule has 8 heteroatoms. The highest BCUT2D eigenvalue weighted by Crippen LogP contribution is 2.41. The van der Waals surface area contributed by atoms with Gasteiger partial charge in [-0.15, -0.1) is 0 Å². The fourth-order valence-electron chi connectivity index (χ4n) is 6.22. The molecule has 3 heterocycles. The van der Waals surface area contributed by atoms with E-state index in [1.54, 1.807) is 30.3 Å². The summed E-state index contributed by atoms with van der Waals surface area (Å²) in [4.78, 5) is 10.00. The minimum Gasteiger partial charge on any atom is -0.327 e. The van der Waals surface area contributed by atoms with Gasteiger partial charge >= 0.3 is 0 Å². The number of imidazole rings is 1. The number of aryl methyl sites for hydroxylation is 2. The van der Waals surface area contributed by atoms with Crippen molar-refractivity contribution in [2.75, 3.05) is 32.4 Å². The zero-order valence-corrected chi connectivity index (χ0v) is 24.0. The Bertz CT molecular complexity index is 1680. The molecule has 2 aliphatic rings. The van der Waals surface area contributed by atoms with Crippen LogP contribution in [0, 0.1) is 18.2 Å². The molecule has 0 aliphatic carbocycles. The van der Waals surface area contributed by atoms with E-state index in [4.69, 9.17) is 4.98 Å². The number of hydrogen-bond acceptors (Lipinski definition) is 5. The lowest BCUT2D eigenvalue weighted by molar-refractivity contribution is -0.128. The van der Waals surface area contributed by atoms with Gasteiger partial charge in [-0.25, -0.2) is 17.8 Å². The van der Waals surface area contributed by atoms with Crippen molar-refractivity contribution in [3.05, 3.63) is 71.5 Å². The summed E-state index contributed by atoms with van der Waals surface area (Å²) in [5.74, 6) is 0.586. The first-order chi connectivity index (χ1) is 18.4. The second-order valence-corrected chi connectivity index (χ2v) is 13.9. The first-order valence-electron chi connectivity index (χ1n) is 13.5. The topological polar surface area (TPSA) is 58.4 Å². The van der Waals surface area contributed by atoms with Crippen LogP contribution in [0.2, 0.25) is 0 Å². The number of fused-ring (bicyclic) bond motifs is 1. The number of sulfone groups is 1. The normalized spacial score (nSPS) is 17.6. The van der Waals surface area contributed by atoms with Crippen molar-refractivity contribution < 1.29 is 12.8 Å². The Morgan fingerprint density at radius 1 is 0.949 bits per heavy atom. The summed E-state index contributed by atoms with van der Waals surface area (Å²) in [5.41, 5.74) is 6.61. The number of hydrogen-bond donors (Lipinski definition) is 0. The van der Waals surface area contributed by atoms with E-state index in [2.05, 4.69) is 35.8 Å². The smallest absolute Gasteiger partial charge is 0.175 e. The van der Waals surface area contributed by atoms with Gasteiger partial charge in [-0.2, -0.15) is 0 Å². The Morgan fingerprint density at radius 2 is 1.62 bits per heavy atom. The van der Waals surface area contributed by atoms with Crippen LogP contribution >= 0.6 is 0 Å². The first kappa shape index (κ1) is 26.2. The fourth-order valence-corrected chi connectivity index (χ4v) is 6.85. The van der Waals surface area contributed by atoms with Gasteiger partial charge in [0.15, 0.2) is 9.84 Å². The average molecular weight is 547 g/mol. The fraction of sp³-hybridized carbons (Fsp3) is 0.387. The maximum absolute atomic E-state index is 15.3. The van der Waals surface area contributed by atoms with Crippen LogP contribution in [-0.4, -0.2) is 66.2 Å². The molecule has 2 fully saturated rings. The van der Waals surface area contributed by atoms with E-state index in [9.17, 15) is 8.42 Å². The number of aromatic nitrogens is 2. The van der Waals surface area contributed by atoms with Crippen molar-refractivity contribution in [2.24, 2.45) is 12.5 Å². The van der Waals surface area contributed by atoms with Crippen LogP contribution in [0.1, 0.15) is 25.0 Å². The Morgan fingerprint density at radius 3 is 2.23 bits per heavy atom. The molecule has 0 radical (unpaired) electrons. The van der Waals surface area contributed by atoms with Crippen molar-refractivity contribution in [3.63, 3.8) is 0 Å². The van der Waals surface area contributed by atoms with Gasteiger partial charge in [-0.05, 0) is 79.9 Å². The molecule has 1 aromatic heterocycles. The summed E-state index contributed by atoms with van der Waals surface area (Å²) in [7, 11) is -1.31. The number of nitrogens with zero attached hydrogens (tertiary/aromatic N) is 4. The Hall–Kier alpha value is -3.07. The molecule has 1 spiro atoms. The lowest BCUT2D eigenvalue weighted by Crippen LogP contribution is -2.72. The molecule has 3 aromatic carbocycles. The second kappa shape index (κ2) is 9.25. The Kier molecular flexibility index (Phi) is 6.21. The van der Waals surface area contributed by atoms with Crippen molar-refractivity contribution in [1.82, 2.24) is 19.4 Å². The third-order valence-corrected chi connectivity index (χ3v) is 9.55. The Labute approximate surface area is 230 Å². The van der Waals surface area contributed by atoms with Crippen LogP contribution in [0.4, 0.5) is 4.39 Å². The SMILES string of the molecule is Cc1cc(-c2ccc(CN3CC4(C3)CN(C(C)C)C4)c(F)c2)cc2c1nc(-c1ccc(S(C)(=O)=O)cc1)n2C. The van der Waals surface area contributed by atoms with Gasteiger partial charge in [0.2, 0.25) is 0 Å². The van der Waals surface area contributed by atoms with Gasteiger partial charge in [0.25, 0.3) is 0 Å². The van der Waals surface area contributed by atoms with E-state index < -0.39 is 9.84 Å². The molecular formula is C31H35FN4O2S. The molecule has 2 aliphatic heterocycles. The summed E-state index contributed by atoms with van der Waals surface area (Å²) in [5, 5.41) is 0. The molecule has 2 saturated heterocycles. The van der Waals surface area contributed by atoms with Crippen molar-refractivity contribution in [2.45, 2.75) is 38.3 Å². The highest BCUT2D eigenvalue weighted by atomic mass is 32.2. The predicted molar refractivity (Wildman–Crippen MR) is 154 cm³/mol. The second-order valence-electron chi connectivity index (χ2n) is 11.9. The third-order valence-electron chi connectivity index (χ3n) is 8.42. The lowest BCUT2D eigenvalue weighted by atomic mass is 9.72. The van der Waals surface area contributed by atoms with Crippen LogP contribution in [-0.2, 0) is 23.4 Å². The summed E-state index contributed by atoms with van der Waals surface area (Å²) in [6, 6.07) is 17.1. The third kappa shape index (κ3) is 4.68. The summed E-state index contributed by atoms with van der Waals surface area (Å²) in [6.45, 7) is 11.6. The molecule has 0 saturated carbocycles. The van der Waals surface area contributed by atoms with E-state index in [1.165, 1.54) is 6.26 Å². The van der Waals surface area contributed by atoms with Crippen LogP contribution in [0.25, 0.3) is 33.5 Å². The van der Waals surface area contributed by atoms with Crippen LogP contribution in [0.3, 0.4) is 0 Å². The number of halogens is 1. The highest BCUT2D eigenvalue weighted by molar-refractivity contribution is 7.90. The molecule has 0 amide bonds. The largest absolute Gasteiger partial charge is 0.327 e. The minimum atomic E-state index is -3.26. The van der Waals surface area contributed by atoms with Gasteiger partial charge in [-0.1, -0.05) is 12.1 Å². The molecule has 0 unspecified atom stereocenters. The number of likely N-dealkylation sites (tertiary alicyclic amines) is 2. The van der Waals surface area contributed by atoms with Crippen LogP contribution in [0.5, 0.6) is 0 Å². The van der Waals surface area contributed by atoms with E-state index in [1.807, 2.05) is 30.7 Å². The monoisotopic (exact) mass is 546 g/mol. The zero-order valence-electron chi connectivity index (χ0n) is 23.2. The van der Waals surface area contributed by atoms with E-state index in [0.717, 1.165) is 70.9 Å². The molecule has 39 heavy (non-hydrogen) atoms. The van der Waals surface area contributed by atoms with Crippen molar-refractivity contribution in [3.8, 4) is 22.5 Å². The van der Waals surface area contributed by atoms with Gasteiger partial charge in [0.05, 0.1) is 15.9 Å². The molecule has 204 valence electrons. The summed E-state index contributed by atoms with van der Waals surface area (Å²) < 4.78 is 40.9. The molecule has 0 bridgehead atoms. The van der Waals surface area contributed by atoms with Crippen molar-refractivity contribution >= 4 is 20.9 Å². The van der Waals surface area contributed by atoms with Gasteiger partial charge < -0.3 is 4.57 Å². The maximum Gasteiger partial charge on any atom is 0.175 e. The lowest BCUT2D eigenvalue weighted by Gasteiger charge is -2.61. The quantitative estimate of drug-likeness (QED) is 0.329. The predicted octanol–water partition coefficient (Wildman–Crippen LogP) is 5.28.